The fraction of sp³-hybridized carbons (Fsp3) is 0.462. The number of hydrogen-bond donors (Lipinski definition) is 1. The van der Waals surface area contributed by atoms with Gasteiger partial charge in [0.25, 0.3) is 0 Å². The molecule has 4 heteroatoms. The van der Waals surface area contributed by atoms with Crippen LogP contribution in [0.4, 0.5) is 5.13 Å². The van der Waals surface area contributed by atoms with E-state index in [2.05, 4.69) is 17.2 Å². The minimum Gasteiger partial charge on any atom is -0.356 e. The lowest BCUT2D eigenvalue weighted by Crippen LogP contribution is -2.30. The first kappa shape index (κ1) is 11.3. The molecule has 17 heavy (non-hydrogen) atoms. The van der Waals surface area contributed by atoms with Crippen molar-refractivity contribution in [1.82, 2.24) is 4.98 Å². The molecular formula is C13H15ClN2S. The van der Waals surface area contributed by atoms with Crippen molar-refractivity contribution in [1.29, 1.82) is 0 Å². The summed E-state index contributed by atoms with van der Waals surface area (Å²) in [4.78, 5) is 4.61. The third-order valence-corrected chi connectivity index (χ3v) is 4.65. The number of thiazole rings is 1. The van der Waals surface area contributed by atoms with Crippen molar-refractivity contribution >= 4 is 38.3 Å². The van der Waals surface area contributed by atoms with Crippen molar-refractivity contribution in [2.75, 3.05) is 5.32 Å². The van der Waals surface area contributed by atoms with Crippen molar-refractivity contribution in [2.24, 2.45) is 0 Å². The van der Waals surface area contributed by atoms with Gasteiger partial charge in [-0.3, -0.25) is 0 Å². The first-order chi connectivity index (χ1) is 8.15. The normalized spacial score (nSPS) is 18.7. The highest BCUT2D eigenvalue weighted by Gasteiger charge is 2.29. The van der Waals surface area contributed by atoms with E-state index < -0.39 is 0 Å². The second-order valence-corrected chi connectivity index (χ2v) is 6.49. The molecule has 0 amide bonds. The molecule has 0 radical (unpaired) electrons. The molecular weight excluding hydrogens is 252 g/mol. The zero-order chi connectivity index (χ0) is 11.9. The molecule has 0 aliphatic heterocycles. The molecule has 1 fully saturated rings. The van der Waals surface area contributed by atoms with Crippen LogP contribution in [0.5, 0.6) is 0 Å². The van der Waals surface area contributed by atoms with Gasteiger partial charge < -0.3 is 5.32 Å². The number of nitrogens with zero attached hydrogens (tertiary/aromatic N) is 1. The van der Waals surface area contributed by atoms with E-state index in [1.165, 1.54) is 30.4 Å². The summed E-state index contributed by atoms with van der Waals surface area (Å²) in [6, 6.07) is 5.89. The summed E-state index contributed by atoms with van der Waals surface area (Å²) >= 11 is 7.68. The van der Waals surface area contributed by atoms with Crippen molar-refractivity contribution < 1.29 is 0 Å². The Labute approximate surface area is 110 Å². The van der Waals surface area contributed by atoms with Gasteiger partial charge >= 0.3 is 0 Å². The molecule has 1 aliphatic carbocycles. The monoisotopic (exact) mass is 266 g/mol. The molecule has 0 saturated heterocycles. The molecule has 0 spiro atoms. The summed E-state index contributed by atoms with van der Waals surface area (Å²) in [5.41, 5.74) is 1.23. The second-order valence-electron chi connectivity index (χ2n) is 5.02. The summed E-state index contributed by atoms with van der Waals surface area (Å²) in [6.45, 7) is 2.29. The summed E-state index contributed by atoms with van der Waals surface area (Å²) in [7, 11) is 0. The number of fused-ring (bicyclic) bond motifs is 1. The molecule has 1 saturated carbocycles. The number of benzene rings is 1. The summed E-state index contributed by atoms with van der Waals surface area (Å²) in [5.74, 6) is 0. The molecule has 0 atom stereocenters. The predicted molar refractivity (Wildman–Crippen MR) is 75.1 cm³/mol. The third-order valence-electron chi connectivity index (χ3n) is 3.47. The van der Waals surface area contributed by atoms with Gasteiger partial charge in [0.2, 0.25) is 0 Å². The van der Waals surface area contributed by atoms with E-state index in [4.69, 9.17) is 11.6 Å². The van der Waals surface area contributed by atoms with Crippen LogP contribution in [0.25, 0.3) is 10.2 Å². The largest absolute Gasteiger partial charge is 0.356 e. The van der Waals surface area contributed by atoms with E-state index >= 15 is 0 Å². The standard InChI is InChI=1S/C13H15ClN2S/c1-13(6-2-3-7-13)16-12-15-10-8-9(14)4-5-11(10)17-12/h4-5,8H,2-3,6-7H2,1H3,(H,15,16). The van der Waals surface area contributed by atoms with Crippen LogP contribution in [0.1, 0.15) is 32.6 Å². The average Bonchev–Trinajstić information content (AvgIpc) is 2.84. The van der Waals surface area contributed by atoms with Crippen LogP contribution in [0.15, 0.2) is 18.2 Å². The van der Waals surface area contributed by atoms with Gasteiger partial charge in [0.05, 0.1) is 10.2 Å². The van der Waals surface area contributed by atoms with Gasteiger partial charge in [-0.15, -0.1) is 0 Å². The van der Waals surface area contributed by atoms with Crippen molar-refractivity contribution in [3.8, 4) is 0 Å². The molecule has 2 nitrogen and oxygen atoms in total. The van der Waals surface area contributed by atoms with Crippen LogP contribution in [0, 0.1) is 0 Å². The van der Waals surface area contributed by atoms with Gasteiger partial charge in [0.15, 0.2) is 5.13 Å². The first-order valence-electron chi connectivity index (χ1n) is 5.99. The van der Waals surface area contributed by atoms with E-state index in [1.807, 2.05) is 18.2 Å². The lowest BCUT2D eigenvalue weighted by Gasteiger charge is -2.24. The van der Waals surface area contributed by atoms with Crippen LogP contribution >= 0.6 is 22.9 Å². The fourth-order valence-electron chi connectivity index (χ4n) is 2.49. The Morgan fingerprint density at radius 3 is 2.88 bits per heavy atom. The van der Waals surface area contributed by atoms with Crippen LogP contribution in [0.2, 0.25) is 5.02 Å². The topological polar surface area (TPSA) is 24.9 Å². The van der Waals surface area contributed by atoms with Crippen molar-refractivity contribution in [3.05, 3.63) is 23.2 Å². The lowest BCUT2D eigenvalue weighted by molar-refractivity contribution is 0.533. The van der Waals surface area contributed by atoms with Gasteiger partial charge in [-0.2, -0.15) is 0 Å². The number of hydrogen-bond acceptors (Lipinski definition) is 3. The molecule has 90 valence electrons. The molecule has 1 aromatic carbocycles. The molecule has 1 heterocycles. The Morgan fingerprint density at radius 2 is 2.12 bits per heavy atom. The highest BCUT2D eigenvalue weighted by atomic mass is 35.5. The van der Waals surface area contributed by atoms with E-state index in [-0.39, 0.29) is 5.54 Å². The molecule has 2 aromatic rings. The Kier molecular flexibility index (Phi) is 2.75. The SMILES string of the molecule is CC1(Nc2nc3cc(Cl)ccc3s2)CCCC1. The first-order valence-corrected chi connectivity index (χ1v) is 7.18. The summed E-state index contributed by atoms with van der Waals surface area (Å²) < 4.78 is 1.19. The maximum atomic E-state index is 5.97. The maximum Gasteiger partial charge on any atom is 0.184 e. The molecule has 0 bridgehead atoms. The number of nitrogens with one attached hydrogen (secondary N) is 1. The smallest absolute Gasteiger partial charge is 0.184 e. The van der Waals surface area contributed by atoms with E-state index in [0.717, 1.165) is 15.7 Å². The van der Waals surface area contributed by atoms with Crippen LogP contribution in [-0.4, -0.2) is 10.5 Å². The Hall–Kier alpha value is -0.800. The summed E-state index contributed by atoms with van der Waals surface area (Å²) in [5, 5.41) is 5.36. The average molecular weight is 267 g/mol. The number of halogens is 1. The number of anilines is 1. The zero-order valence-electron chi connectivity index (χ0n) is 9.79. The summed E-state index contributed by atoms with van der Waals surface area (Å²) in [6.07, 6.45) is 5.12. The zero-order valence-corrected chi connectivity index (χ0v) is 11.4. The van der Waals surface area contributed by atoms with Crippen LogP contribution in [-0.2, 0) is 0 Å². The van der Waals surface area contributed by atoms with Crippen molar-refractivity contribution in [3.63, 3.8) is 0 Å². The predicted octanol–water partition coefficient (Wildman–Crippen LogP) is 4.69. The van der Waals surface area contributed by atoms with Gasteiger partial charge in [-0.25, -0.2) is 4.98 Å². The fourth-order valence-corrected chi connectivity index (χ4v) is 3.65. The minimum atomic E-state index is 0.234. The Balaban J connectivity index is 1.90. The van der Waals surface area contributed by atoms with E-state index in [0.29, 0.717) is 0 Å². The second kappa shape index (κ2) is 4.14. The molecule has 1 aromatic heterocycles. The van der Waals surface area contributed by atoms with Gasteiger partial charge in [0.1, 0.15) is 0 Å². The Morgan fingerprint density at radius 1 is 1.35 bits per heavy atom. The molecule has 0 unspecified atom stereocenters. The number of rotatable bonds is 2. The maximum absolute atomic E-state index is 5.97. The molecule has 3 rings (SSSR count). The Bertz CT molecular complexity index is 543. The minimum absolute atomic E-state index is 0.234. The third kappa shape index (κ3) is 2.26. The highest BCUT2D eigenvalue weighted by Crippen LogP contribution is 2.35. The van der Waals surface area contributed by atoms with Crippen LogP contribution < -0.4 is 5.32 Å². The lowest BCUT2D eigenvalue weighted by atomic mass is 10.0. The number of aromatic nitrogens is 1. The van der Waals surface area contributed by atoms with Gasteiger partial charge in [0, 0.05) is 10.6 Å². The molecule has 1 N–H and O–H groups in total. The highest BCUT2D eigenvalue weighted by molar-refractivity contribution is 7.22. The quantitative estimate of drug-likeness (QED) is 0.853. The molecule has 1 aliphatic rings. The van der Waals surface area contributed by atoms with Gasteiger partial charge in [-0.1, -0.05) is 35.8 Å². The van der Waals surface area contributed by atoms with E-state index in [1.54, 1.807) is 11.3 Å². The van der Waals surface area contributed by atoms with E-state index in [9.17, 15) is 0 Å². The van der Waals surface area contributed by atoms with Crippen LogP contribution in [0.3, 0.4) is 0 Å². The van der Waals surface area contributed by atoms with Crippen molar-refractivity contribution in [2.45, 2.75) is 38.1 Å². The van der Waals surface area contributed by atoms with Gasteiger partial charge in [-0.05, 0) is 38.0 Å².